The lowest BCUT2D eigenvalue weighted by Gasteiger charge is -2.04. The molecule has 1 aromatic heterocycles. The quantitative estimate of drug-likeness (QED) is 0.662. The first-order chi connectivity index (χ1) is 13.1. The molecule has 0 unspecified atom stereocenters. The van der Waals surface area contributed by atoms with Crippen LogP contribution in [-0.4, -0.2) is 16.8 Å². The molecule has 3 aromatic rings. The molecule has 0 saturated heterocycles. The number of thiazole rings is 1. The lowest BCUT2D eigenvalue weighted by atomic mass is 10.2. The number of rotatable bonds is 7. The second-order valence-corrected chi connectivity index (χ2v) is 7.21. The van der Waals surface area contributed by atoms with Gasteiger partial charge in [0, 0.05) is 13.1 Å². The Morgan fingerprint density at radius 1 is 0.889 bits per heavy atom. The van der Waals surface area contributed by atoms with Gasteiger partial charge in [0.2, 0.25) is 5.91 Å². The minimum atomic E-state index is -0.162. The summed E-state index contributed by atoms with van der Waals surface area (Å²) in [7, 11) is 0. The van der Waals surface area contributed by atoms with Crippen LogP contribution in [0.3, 0.4) is 0 Å². The molecule has 3 rings (SSSR count). The van der Waals surface area contributed by atoms with Crippen LogP contribution in [0.1, 0.15) is 31.5 Å². The van der Waals surface area contributed by atoms with Gasteiger partial charge in [-0.2, -0.15) is 0 Å². The van der Waals surface area contributed by atoms with E-state index in [1.807, 2.05) is 60.7 Å². The third-order valence-corrected chi connectivity index (χ3v) is 5.14. The van der Waals surface area contributed by atoms with Gasteiger partial charge in [0.25, 0.3) is 5.91 Å². The molecule has 0 aliphatic carbocycles. The van der Waals surface area contributed by atoms with Gasteiger partial charge in [0.05, 0.1) is 12.1 Å². The molecule has 1 heterocycles. The van der Waals surface area contributed by atoms with Gasteiger partial charge in [-0.3, -0.25) is 9.59 Å². The monoisotopic (exact) mass is 379 g/mol. The number of nitrogens with zero attached hydrogens (tertiary/aromatic N) is 1. The first kappa shape index (κ1) is 18.8. The van der Waals surface area contributed by atoms with E-state index < -0.39 is 0 Å². The van der Waals surface area contributed by atoms with Crippen molar-refractivity contribution in [2.24, 2.45) is 0 Å². The molecule has 2 N–H and O–H groups in total. The number of carbonyl (C=O) groups is 2. The fourth-order valence-electron chi connectivity index (χ4n) is 2.59. The number of carbonyl (C=O) groups excluding carboxylic acids is 2. The molecule has 0 radical (unpaired) electrons. The number of hydrogen-bond acceptors (Lipinski definition) is 4. The van der Waals surface area contributed by atoms with Crippen molar-refractivity contribution in [2.75, 3.05) is 0 Å². The predicted octanol–water partition coefficient (Wildman–Crippen LogP) is 3.24. The predicted molar refractivity (Wildman–Crippen MR) is 106 cm³/mol. The Morgan fingerprint density at radius 3 is 2.04 bits per heavy atom. The van der Waals surface area contributed by atoms with Crippen LogP contribution in [0.5, 0.6) is 0 Å². The van der Waals surface area contributed by atoms with Crippen molar-refractivity contribution in [1.82, 2.24) is 15.6 Å². The molecule has 0 saturated carbocycles. The number of hydrogen-bond donors (Lipinski definition) is 2. The van der Waals surface area contributed by atoms with E-state index in [0.717, 1.165) is 11.1 Å². The Kier molecular flexibility index (Phi) is 6.33. The summed E-state index contributed by atoms with van der Waals surface area (Å²) in [4.78, 5) is 29.5. The summed E-state index contributed by atoms with van der Waals surface area (Å²) in [5.41, 5.74) is 2.73. The highest BCUT2D eigenvalue weighted by atomic mass is 32.1. The van der Waals surface area contributed by atoms with Gasteiger partial charge in [0.15, 0.2) is 0 Å². The molecule has 27 heavy (non-hydrogen) atoms. The standard InChI is InChI=1S/C21H21N3O2S/c1-15-20(21(26)23-14-17-10-6-3-7-11-17)27-19(24-15)12-18(25)22-13-16-8-4-2-5-9-16/h2-11H,12-14H2,1H3,(H,22,25)(H,23,26). The Bertz CT molecular complexity index is 908. The van der Waals surface area contributed by atoms with Crippen molar-refractivity contribution in [3.05, 3.63) is 87.4 Å². The smallest absolute Gasteiger partial charge is 0.263 e. The van der Waals surface area contributed by atoms with Crippen molar-refractivity contribution in [1.29, 1.82) is 0 Å². The summed E-state index contributed by atoms with van der Waals surface area (Å²) in [6.45, 7) is 2.73. The van der Waals surface area contributed by atoms with E-state index in [1.54, 1.807) is 6.92 Å². The molecular weight excluding hydrogens is 358 g/mol. The first-order valence-electron chi connectivity index (χ1n) is 8.71. The van der Waals surface area contributed by atoms with Crippen LogP contribution < -0.4 is 10.6 Å². The van der Waals surface area contributed by atoms with Crippen molar-refractivity contribution in [3.63, 3.8) is 0 Å². The fraction of sp³-hybridized carbons (Fsp3) is 0.190. The van der Waals surface area contributed by atoms with Crippen LogP contribution in [0, 0.1) is 6.92 Å². The number of nitrogens with one attached hydrogen (secondary N) is 2. The van der Waals surface area contributed by atoms with Crippen LogP contribution in [-0.2, 0) is 24.3 Å². The highest BCUT2D eigenvalue weighted by molar-refractivity contribution is 7.13. The Hall–Kier alpha value is -2.99. The zero-order valence-electron chi connectivity index (χ0n) is 15.1. The van der Waals surface area contributed by atoms with Gasteiger partial charge in [-0.05, 0) is 18.1 Å². The minimum Gasteiger partial charge on any atom is -0.352 e. The fourth-order valence-corrected chi connectivity index (χ4v) is 3.57. The molecule has 0 aliphatic rings. The third kappa shape index (κ3) is 5.49. The van der Waals surface area contributed by atoms with Gasteiger partial charge in [-0.1, -0.05) is 60.7 Å². The molecule has 0 aliphatic heterocycles. The average Bonchev–Trinajstić information content (AvgIpc) is 3.06. The van der Waals surface area contributed by atoms with E-state index in [-0.39, 0.29) is 18.2 Å². The van der Waals surface area contributed by atoms with Gasteiger partial charge >= 0.3 is 0 Å². The van der Waals surface area contributed by atoms with E-state index in [4.69, 9.17) is 0 Å². The van der Waals surface area contributed by atoms with Gasteiger partial charge in [-0.15, -0.1) is 11.3 Å². The topological polar surface area (TPSA) is 71.1 Å². The van der Waals surface area contributed by atoms with E-state index in [2.05, 4.69) is 15.6 Å². The van der Waals surface area contributed by atoms with Gasteiger partial charge in [0.1, 0.15) is 9.88 Å². The molecule has 2 amide bonds. The van der Waals surface area contributed by atoms with E-state index >= 15 is 0 Å². The number of amides is 2. The summed E-state index contributed by atoms with van der Waals surface area (Å²) in [5, 5.41) is 6.42. The average molecular weight is 379 g/mol. The van der Waals surface area contributed by atoms with E-state index in [1.165, 1.54) is 11.3 Å². The zero-order valence-corrected chi connectivity index (χ0v) is 15.9. The normalized spacial score (nSPS) is 10.4. The van der Waals surface area contributed by atoms with E-state index in [9.17, 15) is 9.59 Å². The summed E-state index contributed by atoms with van der Waals surface area (Å²) in [5.74, 6) is -0.270. The van der Waals surface area contributed by atoms with Crippen LogP contribution in [0.25, 0.3) is 0 Å². The maximum atomic E-state index is 12.4. The lowest BCUT2D eigenvalue weighted by molar-refractivity contribution is -0.120. The van der Waals surface area contributed by atoms with Crippen LogP contribution in [0.2, 0.25) is 0 Å². The van der Waals surface area contributed by atoms with Crippen LogP contribution in [0.15, 0.2) is 60.7 Å². The molecule has 2 aromatic carbocycles. The SMILES string of the molecule is Cc1nc(CC(=O)NCc2ccccc2)sc1C(=O)NCc1ccccc1. The molecule has 0 bridgehead atoms. The van der Waals surface area contributed by atoms with E-state index in [0.29, 0.717) is 28.7 Å². The molecule has 0 atom stereocenters. The van der Waals surface area contributed by atoms with Crippen LogP contribution >= 0.6 is 11.3 Å². The second-order valence-electron chi connectivity index (χ2n) is 6.13. The minimum absolute atomic E-state index is 0.108. The second kappa shape index (κ2) is 9.09. The highest BCUT2D eigenvalue weighted by Gasteiger charge is 2.16. The summed E-state index contributed by atoms with van der Waals surface area (Å²) < 4.78 is 0. The van der Waals surface area contributed by atoms with Gasteiger partial charge < -0.3 is 10.6 Å². The Labute approximate surface area is 162 Å². The maximum absolute atomic E-state index is 12.4. The summed E-state index contributed by atoms with van der Waals surface area (Å²) >= 11 is 1.27. The highest BCUT2D eigenvalue weighted by Crippen LogP contribution is 2.18. The summed E-state index contributed by atoms with van der Waals surface area (Å²) in [6.07, 6.45) is 0.171. The first-order valence-corrected chi connectivity index (χ1v) is 9.52. The van der Waals surface area contributed by atoms with Crippen molar-refractivity contribution < 1.29 is 9.59 Å². The van der Waals surface area contributed by atoms with Gasteiger partial charge in [-0.25, -0.2) is 4.98 Å². The molecule has 6 heteroatoms. The zero-order chi connectivity index (χ0) is 19.1. The number of benzene rings is 2. The molecule has 5 nitrogen and oxygen atoms in total. The summed E-state index contributed by atoms with van der Waals surface area (Å²) in [6, 6.07) is 19.5. The maximum Gasteiger partial charge on any atom is 0.263 e. The van der Waals surface area contributed by atoms with Crippen molar-refractivity contribution >= 4 is 23.2 Å². The number of aromatic nitrogens is 1. The molecule has 138 valence electrons. The molecule has 0 spiro atoms. The van der Waals surface area contributed by atoms with Crippen molar-refractivity contribution in [3.8, 4) is 0 Å². The Balaban J connectivity index is 1.53. The number of aryl methyl sites for hydroxylation is 1. The third-order valence-electron chi connectivity index (χ3n) is 3.99. The lowest BCUT2D eigenvalue weighted by Crippen LogP contribution is -2.24. The Morgan fingerprint density at radius 2 is 1.44 bits per heavy atom. The molecule has 0 fully saturated rings. The van der Waals surface area contributed by atoms with Crippen LogP contribution in [0.4, 0.5) is 0 Å². The molecular formula is C21H21N3O2S. The van der Waals surface area contributed by atoms with Crippen molar-refractivity contribution in [2.45, 2.75) is 26.4 Å². The largest absolute Gasteiger partial charge is 0.352 e.